The van der Waals surface area contributed by atoms with Crippen LogP contribution < -0.4 is 5.73 Å². The number of benzene rings is 1. The molecule has 4 nitrogen and oxygen atoms in total. The van der Waals surface area contributed by atoms with Crippen molar-refractivity contribution >= 4 is 17.5 Å². The molecule has 18 heavy (non-hydrogen) atoms. The molecule has 1 amide bonds. The van der Waals surface area contributed by atoms with Gasteiger partial charge >= 0.3 is 0 Å². The standard InChI is InChI=1S/C13H18ClN3O/c14-12-4-2-1-3-11(12)9-16-5-7-17(8-6-16)10-13(15)18/h1-4H,5-10H2,(H2,15,18). The van der Waals surface area contributed by atoms with E-state index in [2.05, 4.69) is 15.9 Å². The Morgan fingerprint density at radius 2 is 1.78 bits per heavy atom. The zero-order valence-corrected chi connectivity index (χ0v) is 11.1. The zero-order chi connectivity index (χ0) is 13.0. The van der Waals surface area contributed by atoms with Crippen LogP contribution in [0.25, 0.3) is 0 Å². The molecule has 2 rings (SSSR count). The molecule has 0 atom stereocenters. The monoisotopic (exact) mass is 267 g/mol. The fourth-order valence-electron chi connectivity index (χ4n) is 2.19. The van der Waals surface area contributed by atoms with Gasteiger partial charge in [-0.3, -0.25) is 14.6 Å². The fraction of sp³-hybridized carbons (Fsp3) is 0.462. The van der Waals surface area contributed by atoms with Crippen molar-refractivity contribution in [2.75, 3.05) is 32.7 Å². The average molecular weight is 268 g/mol. The topological polar surface area (TPSA) is 49.6 Å². The minimum atomic E-state index is -0.255. The van der Waals surface area contributed by atoms with Gasteiger partial charge in [0.25, 0.3) is 0 Å². The summed E-state index contributed by atoms with van der Waals surface area (Å²) in [5.41, 5.74) is 6.34. The van der Waals surface area contributed by atoms with E-state index in [-0.39, 0.29) is 5.91 Å². The lowest BCUT2D eigenvalue weighted by atomic mass is 10.2. The molecule has 1 aromatic rings. The van der Waals surface area contributed by atoms with Gasteiger partial charge in [0.2, 0.25) is 5.91 Å². The fourth-order valence-corrected chi connectivity index (χ4v) is 2.39. The molecule has 1 aromatic carbocycles. The Kier molecular flexibility index (Phi) is 4.58. The third-order valence-electron chi connectivity index (χ3n) is 3.20. The lowest BCUT2D eigenvalue weighted by Crippen LogP contribution is -2.48. The van der Waals surface area contributed by atoms with Crippen LogP contribution in [-0.2, 0) is 11.3 Å². The molecule has 0 bridgehead atoms. The normalized spacial score (nSPS) is 17.8. The second-order valence-corrected chi connectivity index (χ2v) is 5.02. The Hall–Kier alpha value is -1.10. The minimum Gasteiger partial charge on any atom is -0.369 e. The Morgan fingerprint density at radius 3 is 2.39 bits per heavy atom. The van der Waals surface area contributed by atoms with E-state index in [0.717, 1.165) is 43.3 Å². The van der Waals surface area contributed by atoms with Crippen LogP contribution in [-0.4, -0.2) is 48.4 Å². The number of hydrogen-bond donors (Lipinski definition) is 1. The van der Waals surface area contributed by atoms with Crippen LogP contribution in [0.15, 0.2) is 24.3 Å². The number of piperazine rings is 1. The molecule has 0 radical (unpaired) electrons. The van der Waals surface area contributed by atoms with E-state index in [1.165, 1.54) is 0 Å². The molecule has 2 N–H and O–H groups in total. The number of halogens is 1. The van der Waals surface area contributed by atoms with Gasteiger partial charge in [-0.25, -0.2) is 0 Å². The maximum atomic E-state index is 10.8. The Balaban J connectivity index is 1.84. The third-order valence-corrected chi connectivity index (χ3v) is 3.56. The maximum absolute atomic E-state index is 10.8. The molecule has 0 aromatic heterocycles. The summed E-state index contributed by atoms with van der Waals surface area (Å²) in [6, 6.07) is 7.92. The maximum Gasteiger partial charge on any atom is 0.231 e. The molecule has 0 unspecified atom stereocenters. The number of primary amides is 1. The summed E-state index contributed by atoms with van der Waals surface area (Å²) >= 11 is 6.14. The number of hydrogen-bond acceptors (Lipinski definition) is 3. The molecule has 1 heterocycles. The van der Waals surface area contributed by atoms with Gasteiger partial charge < -0.3 is 5.73 Å². The molecular weight excluding hydrogens is 250 g/mol. The number of carbonyl (C=O) groups is 1. The van der Waals surface area contributed by atoms with Crippen LogP contribution in [0.3, 0.4) is 0 Å². The van der Waals surface area contributed by atoms with Crippen LogP contribution >= 0.6 is 11.6 Å². The van der Waals surface area contributed by atoms with Crippen molar-refractivity contribution in [1.29, 1.82) is 0 Å². The van der Waals surface area contributed by atoms with E-state index in [1.54, 1.807) is 0 Å². The summed E-state index contributed by atoms with van der Waals surface area (Å²) < 4.78 is 0. The molecule has 1 fully saturated rings. The highest BCUT2D eigenvalue weighted by atomic mass is 35.5. The Morgan fingerprint density at radius 1 is 1.17 bits per heavy atom. The predicted molar refractivity (Wildman–Crippen MR) is 72.4 cm³/mol. The Bertz CT molecular complexity index is 416. The van der Waals surface area contributed by atoms with Crippen LogP contribution in [0.2, 0.25) is 5.02 Å². The smallest absolute Gasteiger partial charge is 0.231 e. The first-order chi connectivity index (χ1) is 8.65. The van der Waals surface area contributed by atoms with E-state index in [4.69, 9.17) is 17.3 Å². The highest BCUT2D eigenvalue weighted by Crippen LogP contribution is 2.17. The molecular formula is C13H18ClN3O. The summed E-state index contributed by atoms with van der Waals surface area (Å²) in [5.74, 6) is -0.255. The van der Waals surface area contributed by atoms with Gasteiger partial charge in [0.05, 0.1) is 6.54 Å². The first kappa shape index (κ1) is 13.3. The summed E-state index contributed by atoms with van der Waals surface area (Å²) in [6.45, 7) is 4.88. The van der Waals surface area contributed by atoms with Crippen molar-refractivity contribution in [3.05, 3.63) is 34.9 Å². The first-order valence-electron chi connectivity index (χ1n) is 6.11. The number of amides is 1. The van der Waals surface area contributed by atoms with E-state index in [0.29, 0.717) is 6.54 Å². The molecule has 5 heteroatoms. The number of rotatable bonds is 4. The average Bonchev–Trinajstić information content (AvgIpc) is 2.34. The summed E-state index contributed by atoms with van der Waals surface area (Å²) in [4.78, 5) is 15.3. The van der Waals surface area contributed by atoms with Gasteiger partial charge in [0, 0.05) is 37.7 Å². The van der Waals surface area contributed by atoms with E-state index in [9.17, 15) is 4.79 Å². The van der Waals surface area contributed by atoms with Crippen LogP contribution in [0.5, 0.6) is 0 Å². The lowest BCUT2D eigenvalue weighted by molar-refractivity contribution is -0.119. The van der Waals surface area contributed by atoms with Gasteiger partial charge in [0.1, 0.15) is 0 Å². The van der Waals surface area contributed by atoms with E-state index >= 15 is 0 Å². The third kappa shape index (κ3) is 3.70. The number of nitrogens with zero attached hydrogens (tertiary/aromatic N) is 2. The highest BCUT2D eigenvalue weighted by Gasteiger charge is 2.18. The SMILES string of the molecule is NC(=O)CN1CCN(Cc2ccccc2Cl)CC1. The Labute approximate surface area is 112 Å². The quantitative estimate of drug-likeness (QED) is 0.884. The van der Waals surface area contributed by atoms with E-state index < -0.39 is 0 Å². The van der Waals surface area contributed by atoms with E-state index in [1.807, 2.05) is 18.2 Å². The van der Waals surface area contributed by atoms with Crippen LogP contribution in [0, 0.1) is 0 Å². The molecule has 0 spiro atoms. The van der Waals surface area contributed by atoms with Crippen molar-refractivity contribution in [2.45, 2.75) is 6.54 Å². The summed E-state index contributed by atoms with van der Waals surface area (Å²) in [5, 5.41) is 0.817. The first-order valence-corrected chi connectivity index (χ1v) is 6.49. The van der Waals surface area contributed by atoms with Crippen LogP contribution in [0.4, 0.5) is 0 Å². The number of nitrogens with two attached hydrogens (primary N) is 1. The van der Waals surface area contributed by atoms with Gasteiger partial charge in [-0.2, -0.15) is 0 Å². The van der Waals surface area contributed by atoms with Crippen molar-refractivity contribution in [1.82, 2.24) is 9.80 Å². The zero-order valence-electron chi connectivity index (χ0n) is 10.3. The number of carbonyl (C=O) groups excluding carboxylic acids is 1. The molecule has 1 aliphatic heterocycles. The summed E-state index contributed by atoms with van der Waals surface area (Å²) in [6.07, 6.45) is 0. The van der Waals surface area contributed by atoms with Crippen molar-refractivity contribution in [3.63, 3.8) is 0 Å². The summed E-state index contributed by atoms with van der Waals surface area (Å²) in [7, 11) is 0. The molecule has 98 valence electrons. The minimum absolute atomic E-state index is 0.255. The second-order valence-electron chi connectivity index (χ2n) is 4.61. The van der Waals surface area contributed by atoms with Gasteiger partial charge in [-0.15, -0.1) is 0 Å². The van der Waals surface area contributed by atoms with Crippen LogP contribution in [0.1, 0.15) is 5.56 Å². The van der Waals surface area contributed by atoms with Crippen molar-refractivity contribution in [2.24, 2.45) is 5.73 Å². The van der Waals surface area contributed by atoms with Gasteiger partial charge in [0.15, 0.2) is 0 Å². The largest absolute Gasteiger partial charge is 0.369 e. The highest BCUT2D eigenvalue weighted by molar-refractivity contribution is 6.31. The second kappa shape index (κ2) is 6.18. The van der Waals surface area contributed by atoms with Gasteiger partial charge in [-0.1, -0.05) is 29.8 Å². The lowest BCUT2D eigenvalue weighted by Gasteiger charge is -2.34. The molecule has 1 saturated heterocycles. The molecule has 1 aliphatic rings. The molecule has 0 aliphatic carbocycles. The predicted octanol–water partition coefficient (Wildman–Crippen LogP) is 0.943. The van der Waals surface area contributed by atoms with Gasteiger partial charge in [-0.05, 0) is 11.6 Å². The van der Waals surface area contributed by atoms with Crippen molar-refractivity contribution < 1.29 is 4.79 Å². The molecule has 0 saturated carbocycles. The van der Waals surface area contributed by atoms with Crippen molar-refractivity contribution in [3.8, 4) is 0 Å².